The van der Waals surface area contributed by atoms with Gasteiger partial charge in [-0.1, -0.05) is 61.9 Å². The third-order valence-electron chi connectivity index (χ3n) is 5.30. The molecule has 0 saturated carbocycles. The van der Waals surface area contributed by atoms with Crippen LogP contribution < -0.4 is 16.0 Å². The van der Waals surface area contributed by atoms with Crippen molar-refractivity contribution < 1.29 is 9.59 Å². The van der Waals surface area contributed by atoms with Gasteiger partial charge in [-0.2, -0.15) is 0 Å². The predicted octanol–water partition coefficient (Wildman–Crippen LogP) is 4.43. The Morgan fingerprint density at radius 1 is 0.939 bits per heavy atom. The number of anilines is 1. The number of pyridine rings is 1. The van der Waals surface area contributed by atoms with Crippen LogP contribution in [0.15, 0.2) is 72.9 Å². The number of amides is 2. The van der Waals surface area contributed by atoms with Crippen LogP contribution in [-0.4, -0.2) is 35.9 Å². The number of benzene rings is 2. The van der Waals surface area contributed by atoms with Crippen LogP contribution in [0.2, 0.25) is 0 Å². The molecular weight excluding hydrogens is 412 g/mol. The molecule has 3 N–H and O–H groups in total. The molecule has 0 aliphatic carbocycles. The lowest BCUT2D eigenvalue weighted by molar-refractivity contribution is -0.122. The summed E-state index contributed by atoms with van der Waals surface area (Å²) in [6.45, 7) is 7.06. The topological polar surface area (TPSA) is 83.1 Å². The Balaban J connectivity index is 1.71. The molecule has 0 saturated heterocycles. The fourth-order valence-electron chi connectivity index (χ4n) is 3.30. The molecule has 1 atom stereocenters. The van der Waals surface area contributed by atoms with Crippen LogP contribution in [0.25, 0.3) is 11.1 Å². The van der Waals surface area contributed by atoms with Crippen LogP contribution in [-0.2, 0) is 4.79 Å². The molecule has 0 aliphatic rings. The maximum Gasteiger partial charge on any atom is 0.270 e. The second kappa shape index (κ2) is 11.8. The van der Waals surface area contributed by atoms with Gasteiger partial charge >= 0.3 is 0 Å². The number of carbonyl (C=O) groups is 2. The Hall–Kier alpha value is -3.67. The average Bonchev–Trinajstić information content (AvgIpc) is 2.83. The third kappa shape index (κ3) is 7.45. The van der Waals surface area contributed by atoms with Gasteiger partial charge in [0.2, 0.25) is 5.91 Å². The van der Waals surface area contributed by atoms with E-state index in [1.165, 1.54) is 0 Å². The highest BCUT2D eigenvalue weighted by Crippen LogP contribution is 2.19. The zero-order chi connectivity index (χ0) is 23.6. The molecule has 0 aliphatic heterocycles. The molecule has 172 valence electrons. The number of nitrogens with zero attached hydrogens (tertiary/aromatic N) is 1. The summed E-state index contributed by atoms with van der Waals surface area (Å²) in [5.74, 6) is -0.126. The van der Waals surface area contributed by atoms with Gasteiger partial charge in [-0.05, 0) is 54.7 Å². The minimum Gasteiger partial charge on any atom is -0.382 e. The maximum atomic E-state index is 13.0. The minimum atomic E-state index is -0.742. The number of aryl methyl sites for hydroxylation is 1. The van der Waals surface area contributed by atoms with Crippen LogP contribution in [0.3, 0.4) is 0 Å². The van der Waals surface area contributed by atoms with Gasteiger partial charge in [0.05, 0.1) is 0 Å². The molecule has 2 amide bonds. The highest BCUT2D eigenvalue weighted by Gasteiger charge is 2.22. The van der Waals surface area contributed by atoms with Crippen molar-refractivity contribution in [3.8, 4) is 11.1 Å². The SMILES string of the molecule is Cc1ccc(NC[C@H](NC(=O)c2cc(-c3ccccc3)ccn2)C(=O)NCCC(C)C)cc1. The predicted molar refractivity (Wildman–Crippen MR) is 133 cm³/mol. The van der Waals surface area contributed by atoms with E-state index in [0.717, 1.165) is 28.8 Å². The van der Waals surface area contributed by atoms with Gasteiger partial charge in [0.25, 0.3) is 5.91 Å². The van der Waals surface area contributed by atoms with E-state index in [1.807, 2.05) is 67.6 Å². The van der Waals surface area contributed by atoms with Gasteiger partial charge in [0, 0.05) is 25.0 Å². The fourth-order valence-corrected chi connectivity index (χ4v) is 3.30. The van der Waals surface area contributed by atoms with Crippen LogP contribution in [0, 0.1) is 12.8 Å². The molecular formula is C27H32N4O2. The molecule has 0 radical (unpaired) electrons. The number of carbonyl (C=O) groups excluding carboxylic acids is 2. The molecule has 2 aromatic carbocycles. The Labute approximate surface area is 195 Å². The monoisotopic (exact) mass is 444 g/mol. The van der Waals surface area contributed by atoms with Crippen molar-refractivity contribution >= 4 is 17.5 Å². The zero-order valence-electron chi connectivity index (χ0n) is 19.5. The number of aromatic nitrogens is 1. The number of hydrogen-bond acceptors (Lipinski definition) is 4. The van der Waals surface area contributed by atoms with E-state index in [1.54, 1.807) is 12.3 Å². The molecule has 0 fully saturated rings. The summed E-state index contributed by atoms with van der Waals surface area (Å²) >= 11 is 0. The van der Waals surface area contributed by atoms with Crippen LogP contribution in [0.1, 0.15) is 36.3 Å². The summed E-state index contributed by atoms with van der Waals surface area (Å²) in [6, 6.07) is 20.6. The summed E-state index contributed by atoms with van der Waals surface area (Å²) < 4.78 is 0. The summed E-state index contributed by atoms with van der Waals surface area (Å²) in [7, 11) is 0. The first-order chi connectivity index (χ1) is 15.9. The van der Waals surface area contributed by atoms with E-state index in [2.05, 4.69) is 34.8 Å². The highest BCUT2D eigenvalue weighted by molar-refractivity contribution is 5.97. The van der Waals surface area contributed by atoms with Crippen molar-refractivity contribution in [2.24, 2.45) is 5.92 Å². The largest absolute Gasteiger partial charge is 0.382 e. The first-order valence-corrected chi connectivity index (χ1v) is 11.3. The number of nitrogens with one attached hydrogen (secondary N) is 3. The summed E-state index contributed by atoms with van der Waals surface area (Å²) in [4.78, 5) is 30.1. The van der Waals surface area contributed by atoms with Crippen molar-refractivity contribution in [1.29, 1.82) is 0 Å². The standard InChI is InChI=1S/C27H32N4O2/c1-19(2)13-15-29-26(32)25(18-30-23-11-9-20(3)10-12-23)31-27(33)24-17-22(14-16-28-24)21-7-5-4-6-8-21/h4-12,14,16-17,19,25,30H,13,15,18H2,1-3H3,(H,29,32)(H,31,33)/t25-/m0/s1. The van der Waals surface area contributed by atoms with Crippen molar-refractivity contribution in [2.45, 2.75) is 33.2 Å². The second-order valence-corrected chi connectivity index (χ2v) is 8.54. The Morgan fingerprint density at radius 2 is 1.67 bits per heavy atom. The lowest BCUT2D eigenvalue weighted by Gasteiger charge is -2.20. The lowest BCUT2D eigenvalue weighted by atomic mass is 10.1. The number of rotatable bonds is 10. The maximum absolute atomic E-state index is 13.0. The molecule has 6 nitrogen and oxygen atoms in total. The van der Waals surface area contributed by atoms with Crippen LogP contribution >= 0.6 is 0 Å². The lowest BCUT2D eigenvalue weighted by Crippen LogP contribution is -2.50. The van der Waals surface area contributed by atoms with E-state index in [-0.39, 0.29) is 24.1 Å². The molecule has 33 heavy (non-hydrogen) atoms. The van der Waals surface area contributed by atoms with E-state index < -0.39 is 6.04 Å². The summed E-state index contributed by atoms with van der Waals surface area (Å²) in [5, 5.41) is 9.05. The zero-order valence-corrected chi connectivity index (χ0v) is 19.5. The van der Waals surface area contributed by atoms with Gasteiger partial charge in [0.15, 0.2) is 0 Å². The molecule has 0 spiro atoms. The Kier molecular flexibility index (Phi) is 8.58. The highest BCUT2D eigenvalue weighted by atomic mass is 16.2. The van der Waals surface area contributed by atoms with Gasteiger partial charge in [-0.25, -0.2) is 0 Å². The second-order valence-electron chi connectivity index (χ2n) is 8.54. The molecule has 1 aromatic heterocycles. The van der Waals surface area contributed by atoms with Crippen molar-refractivity contribution in [3.05, 3.63) is 84.2 Å². The molecule has 1 heterocycles. The van der Waals surface area contributed by atoms with Crippen molar-refractivity contribution in [2.75, 3.05) is 18.4 Å². The van der Waals surface area contributed by atoms with Gasteiger partial charge in [-0.15, -0.1) is 0 Å². The first kappa shape index (κ1) is 24.0. The molecule has 6 heteroatoms. The fraction of sp³-hybridized carbons (Fsp3) is 0.296. The van der Waals surface area contributed by atoms with Crippen molar-refractivity contribution in [3.63, 3.8) is 0 Å². The minimum absolute atomic E-state index is 0.220. The van der Waals surface area contributed by atoms with Crippen molar-refractivity contribution in [1.82, 2.24) is 15.6 Å². The third-order valence-corrected chi connectivity index (χ3v) is 5.30. The quantitative estimate of drug-likeness (QED) is 0.432. The van der Waals surface area contributed by atoms with Crippen LogP contribution in [0.4, 0.5) is 5.69 Å². The van der Waals surface area contributed by atoms with Gasteiger partial charge in [0.1, 0.15) is 11.7 Å². The Morgan fingerprint density at radius 3 is 2.36 bits per heavy atom. The van der Waals surface area contributed by atoms with Gasteiger partial charge < -0.3 is 16.0 Å². The molecule has 3 aromatic rings. The van der Waals surface area contributed by atoms with E-state index in [9.17, 15) is 9.59 Å². The number of hydrogen-bond donors (Lipinski definition) is 3. The van der Waals surface area contributed by atoms with E-state index in [0.29, 0.717) is 12.5 Å². The average molecular weight is 445 g/mol. The molecule has 0 unspecified atom stereocenters. The summed E-state index contributed by atoms with van der Waals surface area (Å²) in [6.07, 6.45) is 2.48. The first-order valence-electron chi connectivity index (χ1n) is 11.3. The van der Waals surface area contributed by atoms with E-state index >= 15 is 0 Å². The smallest absolute Gasteiger partial charge is 0.270 e. The van der Waals surface area contributed by atoms with Gasteiger partial charge in [-0.3, -0.25) is 14.6 Å². The van der Waals surface area contributed by atoms with Crippen LogP contribution in [0.5, 0.6) is 0 Å². The molecule has 0 bridgehead atoms. The Bertz CT molecular complexity index is 1050. The van der Waals surface area contributed by atoms with E-state index in [4.69, 9.17) is 0 Å². The summed E-state index contributed by atoms with van der Waals surface area (Å²) in [5.41, 5.74) is 4.20. The normalized spacial score (nSPS) is 11.6. The molecule has 3 rings (SSSR count).